The number of aliphatic hydroxyl groups is 2. The molecule has 0 spiro atoms. The van der Waals surface area contributed by atoms with Crippen molar-refractivity contribution in [3.63, 3.8) is 0 Å². The summed E-state index contributed by atoms with van der Waals surface area (Å²) in [5, 5.41) is 22.6. The molecule has 0 heterocycles. The van der Waals surface area contributed by atoms with Crippen molar-refractivity contribution in [1.82, 2.24) is 0 Å². The van der Waals surface area contributed by atoms with Crippen molar-refractivity contribution in [2.75, 3.05) is 6.61 Å². The molecule has 0 saturated heterocycles. The van der Waals surface area contributed by atoms with Crippen molar-refractivity contribution in [3.05, 3.63) is 23.8 Å². The van der Waals surface area contributed by atoms with Crippen LogP contribution in [0.15, 0.2) is 23.8 Å². The Labute approximate surface area is 193 Å². The fourth-order valence-corrected chi connectivity index (χ4v) is 7.41. The molecule has 4 rings (SSSR count). The monoisotopic (exact) mass is 460 g/mol. The molecule has 4 aliphatic rings. The van der Waals surface area contributed by atoms with Crippen LogP contribution in [0, 0.1) is 28.6 Å². The average molecular weight is 461 g/mol. The number of hydrogen-bond acceptors (Lipinski definition) is 8. The highest BCUT2D eigenvalue weighted by Gasteiger charge is 2.72. The van der Waals surface area contributed by atoms with E-state index in [0.717, 1.165) is 5.57 Å². The van der Waals surface area contributed by atoms with Crippen LogP contribution in [0.25, 0.3) is 0 Å². The summed E-state index contributed by atoms with van der Waals surface area (Å²) < 4.78 is 10.7. The molecule has 8 heteroatoms. The summed E-state index contributed by atoms with van der Waals surface area (Å²) in [6.07, 6.45) is 4.88. The summed E-state index contributed by atoms with van der Waals surface area (Å²) in [7, 11) is 0. The number of rotatable bonds is 4. The number of carbonyl (C=O) groups is 4. The fraction of sp³-hybridized carbons (Fsp3) is 0.680. The van der Waals surface area contributed by atoms with Gasteiger partial charge in [-0.05, 0) is 49.7 Å². The highest BCUT2D eigenvalue weighted by atomic mass is 16.5. The van der Waals surface area contributed by atoms with E-state index in [4.69, 9.17) is 9.47 Å². The molecule has 3 fully saturated rings. The summed E-state index contributed by atoms with van der Waals surface area (Å²) in [6, 6.07) is 0. The maximum Gasteiger partial charge on any atom is 0.303 e. The van der Waals surface area contributed by atoms with E-state index in [-0.39, 0.29) is 36.4 Å². The van der Waals surface area contributed by atoms with Gasteiger partial charge in [0.15, 0.2) is 18.0 Å². The Hall–Kier alpha value is -2.32. The van der Waals surface area contributed by atoms with Crippen LogP contribution in [0.3, 0.4) is 0 Å². The van der Waals surface area contributed by atoms with E-state index in [2.05, 4.69) is 0 Å². The van der Waals surface area contributed by atoms with Crippen molar-refractivity contribution in [3.8, 4) is 0 Å². The SMILES string of the molecule is CC(=O)OCC(=O)[C@]1(O)[C@H](O)C[C@@H]2[C@H]3CCC4=CC(=O)C=C[C@]4(C)[C@@H]3[C@@H](OC(C)=O)C[C@@]21C. The van der Waals surface area contributed by atoms with Gasteiger partial charge in [-0.1, -0.05) is 25.5 Å². The van der Waals surface area contributed by atoms with Gasteiger partial charge in [-0.15, -0.1) is 0 Å². The number of aliphatic hydroxyl groups excluding tert-OH is 1. The van der Waals surface area contributed by atoms with Crippen LogP contribution in [0.2, 0.25) is 0 Å². The van der Waals surface area contributed by atoms with E-state index in [9.17, 15) is 29.4 Å². The van der Waals surface area contributed by atoms with Gasteiger partial charge in [0.05, 0.1) is 6.10 Å². The first-order valence-electron chi connectivity index (χ1n) is 11.5. The molecule has 180 valence electrons. The van der Waals surface area contributed by atoms with Gasteiger partial charge in [-0.2, -0.15) is 0 Å². The van der Waals surface area contributed by atoms with E-state index < -0.39 is 53.0 Å². The molecule has 4 aliphatic carbocycles. The van der Waals surface area contributed by atoms with E-state index in [1.165, 1.54) is 13.8 Å². The summed E-state index contributed by atoms with van der Waals surface area (Å²) in [5.74, 6) is -2.38. The van der Waals surface area contributed by atoms with Crippen molar-refractivity contribution < 1.29 is 38.9 Å². The van der Waals surface area contributed by atoms with Crippen LogP contribution in [-0.2, 0) is 28.7 Å². The van der Waals surface area contributed by atoms with E-state index >= 15 is 0 Å². The first-order valence-corrected chi connectivity index (χ1v) is 11.5. The normalized spacial score (nSPS) is 43.6. The first kappa shape index (κ1) is 23.8. The Balaban J connectivity index is 1.77. The number of ether oxygens (including phenoxy) is 2. The van der Waals surface area contributed by atoms with Gasteiger partial charge in [-0.3, -0.25) is 19.2 Å². The average Bonchev–Trinajstić information content (AvgIpc) is 2.93. The molecule has 0 aromatic carbocycles. The zero-order chi connectivity index (χ0) is 24.3. The minimum Gasteiger partial charge on any atom is -0.462 e. The predicted molar refractivity (Wildman–Crippen MR) is 116 cm³/mol. The molecule has 0 radical (unpaired) electrons. The maximum absolute atomic E-state index is 13.1. The third kappa shape index (κ3) is 3.41. The zero-order valence-corrected chi connectivity index (χ0v) is 19.5. The van der Waals surface area contributed by atoms with Crippen LogP contribution in [0.4, 0.5) is 0 Å². The van der Waals surface area contributed by atoms with Gasteiger partial charge < -0.3 is 19.7 Å². The summed E-state index contributed by atoms with van der Waals surface area (Å²) in [6.45, 7) is 5.67. The van der Waals surface area contributed by atoms with Crippen LogP contribution >= 0.6 is 0 Å². The Kier molecular flexibility index (Phi) is 5.69. The number of carbonyl (C=O) groups excluding carboxylic acids is 4. The number of allylic oxidation sites excluding steroid dienone is 4. The van der Waals surface area contributed by atoms with Gasteiger partial charge in [-0.25, -0.2) is 0 Å². The third-order valence-corrected chi connectivity index (χ3v) is 8.84. The molecular weight excluding hydrogens is 428 g/mol. The van der Waals surface area contributed by atoms with Crippen LogP contribution < -0.4 is 0 Å². The van der Waals surface area contributed by atoms with Crippen LogP contribution in [0.5, 0.6) is 0 Å². The molecule has 0 aliphatic heterocycles. The Morgan fingerprint density at radius 2 is 1.88 bits per heavy atom. The minimum absolute atomic E-state index is 0.0571. The Morgan fingerprint density at radius 1 is 1.18 bits per heavy atom. The summed E-state index contributed by atoms with van der Waals surface area (Å²) in [4.78, 5) is 48.5. The lowest BCUT2D eigenvalue weighted by Crippen LogP contribution is -2.64. The molecule has 8 atom stereocenters. The molecule has 0 bridgehead atoms. The number of ketones is 2. The van der Waals surface area contributed by atoms with Gasteiger partial charge in [0.1, 0.15) is 6.10 Å². The van der Waals surface area contributed by atoms with Gasteiger partial charge in [0.25, 0.3) is 0 Å². The molecule has 0 aromatic heterocycles. The Bertz CT molecular complexity index is 965. The second kappa shape index (κ2) is 7.87. The molecule has 0 unspecified atom stereocenters. The van der Waals surface area contributed by atoms with Gasteiger partial charge >= 0.3 is 11.9 Å². The van der Waals surface area contributed by atoms with Crippen molar-refractivity contribution in [2.24, 2.45) is 28.6 Å². The van der Waals surface area contributed by atoms with E-state index in [1.54, 1.807) is 19.1 Å². The van der Waals surface area contributed by atoms with Gasteiger partial charge in [0, 0.05) is 30.6 Å². The number of hydrogen-bond donors (Lipinski definition) is 2. The second-order valence-electron chi connectivity index (χ2n) is 10.5. The predicted octanol–water partition coefficient (Wildman–Crippen LogP) is 1.67. The van der Waals surface area contributed by atoms with Crippen molar-refractivity contribution >= 4 is 23.5 Å². The largest absolute Gasteiger partial charge is 0.462 e. The topological polar surface area (TPSA) is 127 Å². The number of fused-ring (bicyclic) bond motifs is 5. The third-order valence-electron chi connectivity index (χ3n) is 8.84. The Morgan fingerprint density at radius 3 is 2.52 bits per heavy atom. The smallest absolute Gasteiger partial charge is 0.303 e. The lowest BCUT2D eigenvalue weighted by atomic mass is 9.46. The quantitative estimate of drug-likeness (QED) is 0.607. The van der Waals surface area contributed by atoms with Crippen molar-refractivity contribution in [2.45, 2.75) is 71.2 Å². The lowest BCUT2D eigenvalue weighted by Gasteiger charge is -2.59. The fourth-order valence-electron chi connectivity index (χ4n) is 7.41. The molecule has 3 saturated carbocycles. The van der Waals surface area contributed by atoms with Gasteiger partial charge in [0.2, 0.25) is 5.78 Å². The highest BCUT2D eigenvalue weighted by Crippen LogP contribution is 2.67. The lowest BCUT2D eigenvalue weighted by molar-refractivity contribution is -0.200. The summed E-state index contributed by atoms with van der Waals surface area (Å²) >= 11 is 0. The number of Topliss-reactive ketones (excluding diaryl/α,β-unsaturated/α-hetero) is 1. The maximum atomic E-state index is 13.1. The molecule has 0 amide bonds. The standard InChI is InChI=1S/C25H32O8/c1-13(26)32-12-21(30)25(31)20(29)10-18-17-6-5-15-9-16(28)7-8-23(15,3)22(17)19(33-14(2)27)11-24(18,25)4/h7-9,17-20,22,29,31H,5-6,10-12H2,1-4H3/t17-,18-,19+,20-,22+,23+,24+,25-/m1/s1. The molecule has 0 aromatic rings. The van der Waals surface area contributed by atoms with Crippen LogP contribution in [-0.4, -0.2) is 58.1 Å². The van der Waals surface area contributed by atoms with E-state index in [0.29, 0.717) is 12.8 Å². The summed E-state index contributed by atoms with van der Waals surface area (Å²) in [5.41, 5.74) is -2.73. The molecule has 33 heavy (non-hydrogen) atoms. The van der Waals surface area contributed by atoms with E-state index in [1.807, 2.05) is 13.0 Å². The van der Waals surface area contributed by atoms with Crippen molar-refractivity contribution in [1.29, 1.82) is 0 Å². The number of esters is 2. The highest BCUT2D eigenvalue weighted by molar-refractivity contribution is 6.01. The second-order valence-corrected chi connectivity index (χ2v) is 10.5. The molecule has 2 N–H and O–H groups in total. The first-order chi connectivity index (χ1) is 15.3. The molecule has 8 nitrogen and oxygen atoms in total. The molecular formula is C25H32O8. The van der Waals surface area contributed by atoms with Crippen LogP contribution in [0.1, 0.15) is 53.4 Å². The minimum atomic E-state index is -2.13. The zero-order valence-electron chi connectivity index (χ0n) is 19.5.